The summed E-state index contributed by atoms with van der Waals surface area (Å²) in [6, 6.07) is 5.98. The minimum atomic E-state index is 0.511. The highest BCUT2D eigenvalue weighted by atomic mass is 79.9. The van der Waals surface area contributed by atoms with Gasteiger partial charge in [0.1, 0.15) is 4.60 Å². The van der Waals surface area contributed by atoms with Crippen LogP contribution in [0.5, 0.6) is 0 Å². The molecule has 0 bridgehead atoms. The molecule has 0 aliphatic heterocycles. The van der Waals surface area contributed by atoms with Crippen LogP contribution < -0.4 is 5.90 Å². The first kappa shape index (κ1) is 9.64. The molecule has 0 saturated carbocycles. The Morgan fingerprint density at radius 3 is 3.14 bits per heavy atom. The lowest BCUT2D eigenvalue weighted by molar-refractivity contribution is 0.141. The third kappa shape index (κ3) is 1.66. The molecule has 14 heavy (non-hydrogen) atoms. The summed E-state index contributed by atoms with van der Waals surface area (Å²) in [5, 5.41) is 8.13. The van der Waals surface area contributed by atoms with Crippen LogP contribution in [0.3, 0.4) is 0 Å². The molecule has 0 aliphatic carbocycles. The van der Waals surface area contributed by atoms with Crippen LogP contribution in [-0.2, 0) is 11.3 Å². The van der Waals surface area contributed by atoms with Gasteiger partial charge in [-0.05, 0) is 34.0 Å². The maximum Gasteiger partial charge on any atom is 0.109 e. The van der Waals surface area contributed by atoms with E-state index in [1.165, 1.54) is 5.56 Å². The molecular weight excluding hydrogens is 246 g/mol. The molecule has 0 radical (unpaired) electrons. The van der Waals surface area contributed by atoms with Crippen molar-refractivity contribution in [3.8, 4) is 0 Å². The second kappa shape index (κ2) is 4.08. The minimum Gasteiger partial charge on any atom is -0.304 e. The van der Waals surface area contributed by atoms with Gasteiger partial charge in [-0.2, -0.15) is 5.10 Å². The van der Waals surface area contributed by atoms with Crippen molar-refractivity contribution in [1.82, 2.24) is 10.2 Å². The normalized spacial score (nSPS) is 11.0. The molecule has 4 nitrogen and oxygen atoms in total. The first-order valence-electron chi connectivity index (χ1n) is 4.26. The molecule has 1 aromatic carbocycles. The summed E-state index contributed by atoms with van der Waals surface area (Å²) in [4.78, 5) is 4.57. The van der Waals surface area contributed by atoms with Crippen molar-refractivity contribution >= 4 is 26.8 Å². The van der Waals surface area contributed by atoms with E-state index < -0.39 is 0 Å². The van der Waals surface area contributed by atoms with Crippen molar-refractivity contribution in [2.45, 2.75) is 6.42 Å². The fraction of sp³-hybridized carbons (Fsp3) is 0.222. The van der Waals surface area contributed by atoms with E-state index in [9.17, 15) is 0 Å². The van der Waals surface area contributed by atoms with Gasteiger partial charge in [0.2, 0.25) is 0 Å². The highest BCUT2D eigenvalue weighted by Crippen LogP contribution is 2.24. The predicted octanol–water partition coefficient (Wildman–Crippen LogP) is 1.76. The third-order valence-electron chi connectivity index (χ3n) is 2.11. The second-order valence-electron chi connectivity index (χ2n) is 2.97. The summed E-state index contributed by atoms with van der Waals surface area (Å²) < 4.78 is 0.903. The monoisotopic (exact) mass is 255 g/mol. The summed E-state index contributed by atoms with van der Waals surface area (Å²) in [6.45, 7) is 0.511. The number of nitrogens with zero attached hydrogens (tertiary/aromatic N) is 1. The van der Waals surface area contributed by atoms with Gasteiger partial charge in [0.15, 0.2) is 0 Å². The van der Waals surface area contributed by atoms with Crippen LogP contribution in [0.25, 0.3) is 10.9 Å². The van der Waals surface area contributed by atoms with Crippen LogP contribution in [0.2, 0.25) is 0 Å². The van der Waals surface area contributed by atoms with Gasteiger partial charge in [0.05, 0.1) is 12.1 Å². The first-order valence-corrected chi connectivity index (χ1v) is 5.05. The van der Waals surface area contributed by atoms with Crippen LogP contribution in [-0.4, -0.2) is 16.8 Å². The zero-order valence-electron chi connectivity index (χ0n) is 7.46. The Balaban J connectivity index is 2.46. The Bertz CT molecular complexity index is 441. The maximum atomic E-state index is 5.00. The number of aromatic amines is 1. The van der Waals surface area contributed by atoms with Crippen molar-refractivity contribution < 1.29 is 4.84 Å². The average molecular weight is 256 g/mol. The lowest BCUT2D eigenvalue weighted by atomic mass is 10.1. The summed E-state index contributed by atoms with van der Waals surface area (Å²) in [7, 11) is 0. The molecular formula is C9H10BrN3O. The molecule has 1 heterocycles. The number of benzene rings is 1. The molecule has 3 N–H and O–H groups in total. The number of aromatic nitrogens is 2. The predicted molar refractivity (Wildman–Crippen MR) is 57.6 cm³/mol. The third-order valence-corrected chi connectivity index (χ3v) is 2.69. The van der Waals surface area contributed by atoms with Crippen molar-refractivity contribution in [3.63, 3.8) is 0 Å². The average Bonchev–Trinajstić information content (AvgIpc) is 2.58. The lowest BCUT2D eigenvalue weighted by Gasteiger charge is -2.01. The Morgan fingerprint density at radius 1 is 1.50 bits per heavy atom. The molecule has 2 rings (SSSR count). The maximum absolute atomic E-state index is 5.00. The largest absolute Gasteiger partial charge is 0.304 e. The Hall–Kier alpha value is -0.910. The van der Waals surface area contributed by atoms with Gasteiger partial charge < -0.3 is 4.84 Å². The highest BCUT2D eigenvalue weighted by Gasteiger charge is 2.07. The molecule has 0 aliphatic rings. The molecule has 0 atom stereocenters. The zero-order valence-corrected chi connectivity index (χ0v) is 9.04. The van der Waals surface area contributed by atoms with Crippen LogP contribution in [0, 0.1) is 0 Å². The topological polar surface area (TPSA) is 63.9 Å². The fourth-order valence-electron chi connectivity index (χ4n) is 1.48. The number of H-pyrrole nitrogens is 1. The number of nitrogens with one attached hydrogen (secondary N) is 1. The molecule has 0 spiro atoms. The zero-order chi connectivity index (χ0) is 9.97. The summed E-state index contributed by atoms with van der Waals surface area (Å²) in [6.07, 6.45) is 0.784. The van der Waals surface area contributed by atoms with E-state index in [1.54, 1.807) is 0 Å². The van der Waals surface area contributed by atoms with Crippen molar-refractivity contribution in [1.29, 1.82) is 0 Å². The summed E-state index contributed by atoms with van der Waals surface area (Å²) in [5.74, 6) is 5.00. The standard InChI is InChI=1S/C9H10BrN3O/c10-9-8-6(4-5-14-11)2-1-3-7(8)12-13-9/h1-3H,4-5,11H2,(H,12,13). The van der Waals surface area contributed by atoms with Crippen molar-refractivity contribution in [3.05, 3.63) is 28.4 Å². The van der Waals surface area contributed by atoms with Crippen molar-refractivity contribution in [2.75, 3.05) is 6.61 Å². The number of halogens is 1. The van der Waals surface area contributed by atoms with Crippen LogP contribution in [0.15, 0.2) is 22.8 Å². The molecule has 74 valence electrons. The summed E-state index contributed by atoms with van der Waals surface area (Å²) >= 11 is 3.42. The van der Waals surface area contributed by atoms with Crippen LogP contribution in [0.4, 0.5) is 0 Å². The number of fused-ring (bicyclic) bond motifs is 1. The van der Waals surface area contributed by atoms with Gasteiger partial charge >= 0.3 is 0 Å². The second-order valence-corrected chi connectivity index (χ2v) is 3.76. The molecule has 5 heteroatoms. The van der Waals surface area contributed by atoms with E-state index in [4.69, 9.17) is 5.90 Å². The highest BCUT2D eigenvalue weighted by molar-refractivity contribution is 9.10. The molecule has 2 aromatic rings. The van der Waals surface area contributed by atoms with E-state index >= 15 is 0 Å². The van der Waals surface area contributed by atoms with Gasteiger partial charge in [-0.1, -0.05) is 12.1 Å². The quantitative estimate of drug-likeness (QED) is 0.822. The smallest absolute Gasteiger partial charge is 0.109 e. The van der Waals surface area contributed by atoms with E-state index in [0.717, 1.165) is 21.9 Å². The molecule has 0 fully saturated rings. The van der Waals surface area contributed by atoms with Crippen LogP contribution >= 0.6 is 15.9 Å². The number of hydrogen-bond donors (Lipinski definition) is 2. The Labute approximate surface area is 89.5 Å². The number of rotatable bonds is 3. The van der Waals surface area contributed by atoms with E-state index in [-0.39, 0.29) is 0 Å². The van der Waals surface area contributed by atoms with E-state index in [0.29, 0.717) is 6.61 Å². The summed E-state index contributed by atoms with van der Waals surface area (Å²) in [5.41, 5.74) is 2.12. The fourth-order valence-corrected chi connectivity index (χ4v) is 2.02. The molecule has 0 amide bonds. The van der Waals surface area contributed by atoms with Gasteiger partial charge in [-0.25, -0.2) is 5.90 Å². The van der Waals surface area contributed by atoms with Gasteiger partial charge in [-0.3, -0.25) is 5.10 Å². The van der Waals surface area contributed by atoms with E-state index in [2.05, 4.69) is 31.0 Å². The van der Waals surface area contributed by atoms with Gasteiger partial charge in [0.25, 0.3) is 0 Å². The van der Waals surface area contributed by atoms with Crippen molar-refractivity contribution in [2.24, 2.45) is 5.90 Å². The number of hydrogen-bond acceptors (Lipinski definition) is 3. The molecule has 0 saturated heterocycles. The minimum absolute atomic E-state index is 0.511. The first-order chi connectivity index (χ1) is 6.83. The van der Waals surface area contributed by atoms with Gasteiger partial charge in [-0.15, -0.1) is 0 Å². The Morgan fingerprint density at radius 2 is 2.36 bits per heavy atom. The SMILES string of the molecule is NOCCc1cccc2n[nH]c(Br)c12. The number of nitrogens with two attached hydrogens (primary N) is 1. The van der Waals surface area contributed by atoms with Crippen LogP contribution in [0.1, 0.15) is 5.56 Å². The van der Waals surface area contributed by atoms with Gasteiger partial charge in [0, 0.05) is 5.39 Å². The lowest BCUT2D eigenvalue weighted by Crippen LogP contribution is -2.03. The Kier molecular flexibility index (Phi) is 2.81. The molecule has 0 unspecified atom stereocenters. The van der Waals surface area contributed by atoms with E-state index in [1.807, 2.05) is 18.2 Å². The molecule has 1 aromatic heterocycles.